The van der Waals surface area contributed by atoms with Crippen molar-refractivity contribution in [2.45, 2.75) is 46.2 Å². The van der Waals surface area contributed by atoms with Gasteiger partial charge in [0.25, 0.3) is 0 Å². The highest BCUT2D eigenvalue weighted by atomic mass is 35.5. The van der Waals surface area contributed by atoms with Crippen molar-refractivity contribution in [2.75, 3.05) is 0 Å². The predicted octanol–water partition coefficient (Wildman–Crippen LogP) is 3.73. The molecule has 3 nitrogen and oxygen atoms in total. The van der Waals surface area contributed by atoms with Crippen LogP contribution in [0, 0.1) is 0 Å². The quantitative estimate of drug-likeness (QED) is 0.912. The lowest BCUT2D eigenvalue weighted by Crippen LogP contribution is -2.11. The van der Waals surface area contributed by atoms with Crippen molar-refractivity contribution >= 4 is 11.6 Å². The average molecular weight is 292 g/mol. The van der Waals surface area contributed by atoms with E-state index < -0.39 is 0 Å². The van der Waals surface area contributed by atoms with Crippen LogP contribution in [0.15, 0.2) is 24.3 Å². The molecule has 1 aromatic heterocycles. The van der Waals surface area contributed by atoms with Gasteiger partial charge in [-0.3, -0.25) is 4.68 Å². The highest BCUT2D eigenvalue weighted by molar-refractivity contribution is 6.30. The van der Waals surface area contributed by atoms with Gasteiger partial charge in [0, 0.05) is 22.3 Å². The van der Waals surface area contributed by atoms with Gasteiger partial charge in [0.15, 0.2) is 0 Å². The number of halogens is 1. The van der Waals surface area contributed by atoms with Gasteiger partial charge in [-0.15, -0.1) is 0 Å². The molecule has 108 valence electrons. The van der Waals surface area contributed by atoms with E-state index in [4.69, 9.17) is 22.4 Å². The SMILES string of the molecule is CCc1nn(Cc2cccc(Cl)c2)c(CC)c1C(C)N. The third-order valence-electron chi connectivity index (χ3n) is 3.52. The Balaban J connectivity index is 2.41. The van der Waals surface area contributed by atoms with Gasteiger partial charge in [-0.05, 0) is 37.5 Å². The smallest absolute Gasteiger partial charge is 0.0672 e. The van der Waals surface area contributed by atoms with E-state index in [1.165, 1.54) is 11.3 Å². The molecule has 0 fully saturated rings. The molecular weight excluding hydrogens is 270 g/mol. The molecule has 1 heterocycles. The first-order valence-corrected chi connectivity index (χ1v) is 7.53. The summed E-state index contributed by atoms with van der Waals surface area (Å²) in [5, 5.41) is 5.50. The monoisotopic (exact) mass is 291 g/mol. The third-order valence-corrected chi connectivity index (χ3v) is 3.76. The summed E-state index contributed by atoms with van der Waals surface area (Å²) < 4.78 is 2.07. The van der Waals surface area contributed by atoms with Crippen molar-refractivity contribution in [3.8, 4) is 0 Å². The number of hydrogen-bond donors (Lipinski definition) is 1. The summed E-state index contributed by atoms with van der Waals surface area (Å²) in [7, 11) is 0. The maximum absolute atomic E-state index is 6.12. The standard InChI is InChI=1S/C16H22ClN3/c1-4-14-16(11(3)18)15(5-2)20(19-14)10-12-7-6-8-13(17)9-12/h6-9,11H,4-5,10,18H2,1-3H3. The first-order chi connectivity index (χ1) is 9.56. The van der Waals surface area contributed by atoms with Gasteiger partial charge in [-0.2, -0.15) is 5.10 Å². The second-order valence-electron chi connectivity index (χ2n) is 5.09. The first kappa shape index (κ1) is 15.1. The fourth-order valence-electron chi connectivity index (χ4n) is 2.66. The van der Waals surface area contributed by atoms with Crippen molar-refractivity contribution in [1.82, 2.24) is 9.78 Å². The zero-order valence-corrected chi connectivity index (χ0v) is 13.1. The second kappa shape index (κ2) is 6.42. The van der Waals surface area contributed by atoms with E-state index in [0.29, 0.717) is 0 Å². The zero-order valence-electron chi connectivity index (χ0n) is 12.4. The Morgan fingerprint density at radius 3 is 2.60 bits per heavy atom. The third kappa shape index (κ3) is 3.05. The normalized spacial score (nSPS) is 12.7. The van der Waals surface area contributed by atoms with E-state index in [9.17, 15) is 0 Å². The summed E-state index contributed by atoms with van der Waals surface area (Å²) in [5.41, 5.74) is 10.8. The molecule has 0 radical (unpaired) electrons. The highest BCUT2D eigenvalue weighted by Crippen LogP contribution is 2.23. The molecule has 2 rings (SSSR count). The maximum Gasteiger partial charge on any atom is 0.0672 e. The van der Waals surface area contributed by atoms with Gasteiger partial charge in [-0.1, -0.05) is 37.6 Å². The Labute approximate surface area is 125 Å². The summed E-state index contributed by atoms with van der Waals surface area (Å²) in [6.07, 6.45) is 1.84. The summed E-state index contributed by atoms with van der Waals surface area (Å²) in [5.74, 6) is 0. The number of aromatic nitrogens is 2. The van der Waals surface area contributed by atoms with Gasteiger partial charge in [-0.25, -0.2) is 0 Å². The van der Waals surface area contributed by atoms with Crippen molar-refractivity contribution in [2.24, 2.45) is 5.73 Å². The largest absolute Gasteiger partial charge is 0.324 e. The number of benzene rings is 1. The Bertz CT molecular complexity index is 587. The van der Waals surface area contributed by atoms with Crippen LogP contribution in [0.4, 0.5) is 0 Å². The van der Waals surface area contributed by atoms with Crippen molar-refractivity contribution in [3.63, 3.8) is 0 Å². The number of hydrogen-bond acceptors (Lipinski definition) is 2. The molecule has 0 aliphatic heterocycles. The second-order valence-corrected chi connectivity index (χ2v) is 5.53. The van der Waals surface area contributed by atoms with E-state index in [0.717, 1.165) is 35.7 Å². The molecule has 20 heavy (non-hydrogen) atoms. The molecule has 0 spiro atoms. The lowest BCUT2D eigenvalue weighted by atomic mass is 10.0. The molecule has 0 aliphatic rings. The van der Waals surface area contributed by atoms with Crippen LogP contribution in [-0.4, -0.2) is 9.78 Å². The Kier molecular flexibility index (Phi) is 4.84. The van der Waals surface area contributed by atoms with E-state index in [2.05, 4.69) is 24.6 Å². The number of nitrogens with two attached hydrogens (primary N) is 1. The summed E-state index contributed by atoms with van der Waals surface area (Å²) in [6, 6.07) is 7.94. The number of nitrogens with zero attached hydrogens (tertiary/aromatic N) is 2. The maximum atomic E-state index is 6.12. The molecule has 0 amide bonds. The van der Waals surface area contributed by atoms with Crippen LogP contribution in [0.2, 0.25) is 5.02 Å². The Morgan fingerprint density at radius 1 is 1.30 bits per heavy atom. The molecule has 4 heteroatoms. The highest BCUT2D eigenvalue weighted by Gasteiger charge is 2.18. The molecule has 2 N–H and O–H groups in total. The van der Waals surface area contributed by atoms with Crippen LogP contribution in [-0.2, 0) is 19.4 Å². The van der Waals surface area contributed by atoms with E-state index >= 15 is 0 Å². The summed E-state index contributed by atoms with van der Waals surface area (Å²) in [6.45, 7) is 7.04. The van der Waals surface area contributed by atoms with Crippen LogP contribution in [0.5, 0.6) is 0 Å². The molecule has 1 unspecified atom stereocenters. The molecule has 0 saturated heterocycles. The minimum absolute atomic E-state index is 0.0213. The minimum Gasteiger partial charge on any atom is -0.324 e. The van der Waals surface area contributed by atoms with Gasteiger partial charge in [0.05, 0.1) is 12.2 Å². The fourth-order valence-corrected chi connectivity index (χ4v) is 2.88. The molecular formula is C16H22ClN3. The fraction of sp³-hybridized carbons (Fsp3) is 0.438. The van der Waals surface area contributed by atoms with E-state index in [1.54, 1.807) is 0 Å². The molecule has 0 aliphatic carbocycles. The topological polar surface area (TPSA) is 43.8 Å². The van der Waals surface area contributed by atoms with Crippen LogP contribution >= 0.6 is 11.6 Å². The molecule has 2 aromatic rings. The molecule has 0 saturated carbocycles. The van der Waals surface area contributed by atoms with Crippen molar-refractivity contribution in [3.05, 3.63) is 51.8 Å². The summed E-state index contributed by atoms with van der Waals surface area (Å²) >= 11 is 6.05. The summed E-state index contributed by atoms with van der Waals surface area (Å²) in [4.78, 5) is 0. The number of aryl methyl sites for hydroxylation is 1. The van der Waals surface area contributed by atoms with Gasteiger partial charge >= 0.3 is 0 Å². The number of rotatable bonds is 5. The minimum atomic E-state index is 0.0213. The lowest BCUT2D eigenvalue weighted by Gasteiger charge is -2.10. The van der Waals surface area contributed by atoms with Gasteiger partial charge in [0.2, 0.25) is 0 Å². The molecule has 1 aromatic carbocycles. The molecule has 0 bridgehead atoms. The Hall–Kier alpha value is -1.32. The van der Waals surface area contributed by atoms with Crippen LogP contribution in [0.3, 0.4) is 0 Å². The average Bonchev–Trinajstić information content (AvgIpc) is 2.76. The van der Waals surface area contributed by atoms with Crippen LogP contribution in [0.25, 0.3) is 0 Å². The van der Waals surface area contributed by atoms with Crippen LogP contribution in [0.1, 0.15) is 49.3 Å². The van der Waals surface area contributed by atoms with Gasteiger partial charge < -0.3 is 5.73 Å². The van der Waals surface area contributed by atoms with Crippen molar-refractivity contribution in [1.29, 1.82) is 0 Å². The van der Waals surface area contributed by atoms with Crippen molar-refractivity contribution < 1.29 is 0 Å². The van der Waals surface area contributed by atoms with Gasteiger partial charge in [0.1, 0.15) is 0 Å². The lowest BCUT2D eigenvalue weighted by molar-refractivity contribution is 0.637. The van der Waals surface area contributed by atoms with E-state index in [1.807, 2.05) is 25.1 Å². The molecule has 1 atom stereocenters. The predicted molar refractivity (Wildman–Crippen MR) is 84.1 cm³/mol. The zero-order chi connectivity index (χ0) is 14.7. The van der Waals surface area contributed by atoms with E-state index in [-0.39, 0.29) is 6.04 Å². The van der Waals surface area contributed by atoms with Crippen LogP contribution < -0.4 is 5.73 Å². The first-order valence-electron chi connectivity index (χ1n) is 7.15. The Morgan fingerprint density at radius 2 is 2.05 bits per heavy atom.